The van der Waals surface area contributed by atoms with Crippen molar-refractivity contribution in [2.75, 3.05) is 5.32 Å². The smallest absolute Gasteiger partial charge is 0.319 e. The van der Waals surface area contributed by atoms with Crippen molar-refractivity contribution >= 4 is 23.2 Å². The maximum absolute atomic E-state index is 12.6. The van der Waals surface area contributed by atoms with Crippen LogP contribution in [0.25, 0.3) is 0 Å². The van der Waals surface area contributed by atoms with Gasteiger partial charge in [-0.05, 0) is 31.2 Å². The first-order valence-corrected chi connectivity index (χ1v) is 6.25. The van der Waals surface area contributed by atoms with Gasteiger partial charge in [0.25, 0.3) is 5.91 Å². The predicted octanol–water partition coefficient (Wildman–Crippen LogP) is 3.65. The lowest BCUT2D eigenvalue weighted by Gasteiger charge is -2.11. The molecule has 2 rings (SSSR count). The molecule has 0 spiro atoms. The fraction of sp³-hybridized carbons (Fsp3) is 0.231. The van der Waals surface area contributed by atoms with Crippen molar-refractivity contribution < 1.29 is 18.0 Å². The number of carbonyl (C=O) groups excluding carboxylic acids is 1. The fourth-order valence-electron chi connectivity index (χ4n) is 1.66. The van der Waals surface area contributed by atoms with Crippen LogP contribution in [0.5, 0.6) is 0 Å². The third kappa shape index (κ3) is 3.36. The van der Waals surface area contributed by atoms with Crippen molar-refractivity contribution in [1.29, 1.82) is 0 Å². The Morgan fingerprint density at radius 2 is 2.00 bits per heavy atom. The number of nitrogens with one attached hydrogen (secondary N) is 1. The SMILES string of the molecule is Cc1cc(C(=O)Nc2cc(C(F)(F)F)ccc2Cl)nn1C. The summed E-state index contributed by atoms with van der Waals surface area (Å²) < 4.78 is 39.4. The van der Waals surface area contributed by atoms with Crippen LogP contribution in [0.3, 0.4) is 0 Å². The molecule has 0 aliphatic heterocycles. The molecule has 0 saturated carbocycles. The third-order valence-corrected chi connectivity index (χ3v) is 3.22. The zero-order chi connectivity index (χ0) is 15.8. The topological polar surface area (TPSA) is 46.9 Å². The van der Waals surface area contributed by atoms with Crippen LogP contribution in [0, 0.1) is 6.92 Å². The van der Waals surface area contributed by atoms with Gasteiger partial charge in [-0.2, -0.15) is 18.3 Å². The largest absolute Gasteiger partial charge is 0.416 e. The Labute approximate surface area is 123 Å². The van der Waals surface area contributed by atoms with E-state index in [1.54, 1.807) is 14.0 Å². The lowest BCUT2D eigenvalue weighted by molar-refractivity contribution is -0.137. The van der Waals surface area contributed by atoms with E-state index in [2.05, 4.69) is 10.4 Å². The zero-order valence-electron chi connectivity index (χ0n) is 11.1. The molecule has 1 N–H and O–H groups in total. The first kappa shape index (κ1) is 15.4. The summed E-state index contributed by atoms with van der Waals surface area (Å²) in [4.78, 5) is 12.0. The van der Waals surface area contributed by atoms with Gasteiger partial charge in [-0.25, -0.2) is 0 Å². The Kier molecular flexibility index (Phi) is 3.95. The summed E-state index contributed by atoms with van der Waals surface area (Å²) in [6, 6.07) is 4.25. The third-order valence-electron chi connectivity index (χ3n) is 2.89. The van der Waals surface area contributed by atoms with Crippen molar-refractivity contribution in [3.8, 4) is 0 Å². The van der Waals surface area contributed by atoms with Crippen LogP contribution >= 0.6 is 11.6 Å². The van der Waals surface area contributed by atoms with Gasteiger partial charge in [0.1, 0.15) is 0 Å². The molecule has 1 aromatic carbocycles. The molecule has 0 radical (unpaired) electrons. The highest BCUT2D eigenvalue weighted by molar-refractivity contribution is 6.33. The van der Waals surface area contributed by atoms with E-state index in [4.69, 9.17) is 11.6 Å². The van der Waals surface area contributed by atoms with E-state index >= 15 is 0 Å². The summed E-state index contributed by atoms with van der Waals surface area (Å²) >= 11 is 5.81. The van der Waals surface area contributed by atoms with Gasteiger partial charge in [0.05, 0.1) is 16.3 Å². The van der Waals surface area contributed by atoms with Crippen LogP contribution in [0.1, 0.15) is 21.7 Å². The van der Waals surface area contributed by atoms with Gasteiger partial charge in [0.15, 0.2) is 5.69 Å². The molecule has 0 aliphatic rings. The Morgan fingerprint density at radius 3 is 2.52 bits per heavy atom. The number of halogens is 4. The Morgan fingerprint density at radius 1 is 1.33 bits per heavy atom. The van der Waals surface area contributed by atoms with Crippen LogP contribution in [0.2, 0.25) is 5.02 Å². The Balaban J connectivity index is 2.28. The normalized spacial score (nSPS) is 11.5. The Hall–Kier alpha value is -2.02. The number of anilines is 1. The molecule has 0 saturated heterocycles. The van der Waals surface area contributed by atoms with Gasteiger partial charge in [0, 0.05) is 12.7 Å². The summed E-state index contributed by atoms with van der Waals surface area (Å²) in [5.74, 6) is -0.625. The molecule has 21 heavy (non-hydrogen) atoms. The minimum Gasteiger partial charge on any atom is -0.319 e. The summed E-state index contributed by atoms with van der Waals surface area (Å²) in [6.45, 7) is 1.75. The molecule has 4 nitrogen and oxygen atoms in total. The number of amides is 1. The molecule has 0 fully saturated rings. The lowest BCUT2D eigenvalue weighted by atomic mass is 10.2. The van der Waals surface area contributed by atoms with E-state index in [9.17, 15) is 18.0 Å². The average molecular weight is 318 g/mol. The van der Waals surface area contributed by atoms with E-state index in [0.29, 0.717) is 0 Å². The molecule has 0 aliphatic carbocycles. The molecule has 1 aromatic heterocycles. The predicted molar refractivity (Wildman–Crippen MR) is 72.4 cm³/mol. The molecule has 8 heteroatoms. The first-order chi connectivity index (χ1) is 9.68. The van der Waals surface area contributed by atoms with E-state index in [-0.39, 0.29) is 16.4 Å². The maximum Gasteiger partial charge on any atom is 0.416 e. The number of rotatable bonds is 2. The number of aryl methyl sites for hydroxylation is 2. The second kappa shape index (κ2) is 5.40. The maximum atomic E-state index is 12.6. The van der Waals surface area contributed by atoms with Crippen LogP contribution < -0.4 is 5.32 Å². The number of hydrogen-bond acceptors (Lipinski definition) is 2. The highest BCUT2D eigenvalue weighted by atomic mass is 35.5. The van der Waals surface area contributed by atoms with E-state index in [0.717, 1.165) is 23.9 Å². The van der Waals surface area contributed by atoms with E-state index in [1.807, 2.05) is 0 Å². The van der Waals surface area contributed by atoms with E-state index in [1.165, 1.54) is 10.7 Å². The first-order valence-electron chi connectivity index (χ1n) is 5.87. The molecule has 112 valence electrons. The van der Waals surface area contributed by atoms with Crippen molar-refractivity contribution in [2.45, 2.75) is 13.1 Å². The minimum absolute atomic E-state index is 0.0176. The molecular weight excluding hydrogens is 307 g/mol. The fourth-order valence-corrected chi connectivity index (χ4v) is 1.82. The van der Waals surface area contributed by atoms with Gasteiger partial charge in [-0.15, -0.1) is 0 Å². The molecule has 2 aromatic rings. The number of benzene rings is 1. The number of nitrogens with zero attached hydrogens (tertiary/aromatic N) is 2. The van der Waals surface area contributed by atoms with Gasteiger partial charge >= 0.3 is 6.18 Å². The second-order valence-corrected chi connectivity index (χ2v) is 4.85. The van der Waals surface area contributed by atoms with Crippen molar-refractivity contribution in [3.63, 3.8) is 0 Å². The highest BCUT2D eigenvalue weighted by Crippen LogP contribution is 2.33. The lowest BCUT2D eigenvalue weighted by Crippen LogP contribution is -2.14. The van der Waals surface area contributed by atoms with Crippen molar-refractivity contribution in [2.24, 2.45) is 7.05 Å². The van der Waals surface area contributed by atoms with Crippen molar-refractivity contribution in [3.05, 3.63) is 46.2 Å². The number of hydrogen-bond donors (Lipinski definition) is 1. The molecule has 0 bridgehead atoms. The summed E-state index contributed by atoms with van der Waals surface area (Å²) in [5.41, 5.74) is -0.155. The monoisotopic (exact) mass is 317 g/mol. The Bertz CT molecular complexity index is 675. The quantitative estimate of drug-likeness (QED) is 0.919. The van der Waals surface area contributed by atoms with Crippen LogP contribution in [0.4, 0.5) is 18.9 Å². The van der Waals surface area contributed by atoms with Crippen LogP contribution in [-0.2, 0) is 13.2 Å². The van der Waals surface area contributed by atoms with Gasteiger partial charge in [0.2, 0.25) is 0 Å². The summed E-state index contributed by atoms with van der Waals surface area (Å²) in [6.07, 6.45) is -4.51. The van der Waals surface area contributed by atoms with Crippen LogP contribution in [0.15, 0.2) is 24.3 Å². The van der Waals surface area contributed by atoms with Gasteiger partial charge in [-0.3, -0.25) is 9.48 Å². The molecule has 0 atom stereocenters. The summed E-state index contributed by atoms with van der Waals surface area (Å²) in [5, 5.41) is 6.30. The van der Waals surface area contributed by atoms with Gasteiger partial charge < -0.3 is 5.32 Å². The number of alkyl halides is 3. The molecular formula is C13H11ClF3N3O. The standard InChI is InChI=1S/C13H11ClF3N3O/c1-7-5-11(19-20(7)2)12(21)18-10-6-8(13(15,16)17)3-4-9(10)14/h3-6H,1-2H3,(H,18,21). The zero-order valence-corrected chi connectivity index (χ0v) is 11.9. The molecule has 1 heterocycles. The number of aromatic nitrogens is 2. The van der Waals surface area contributed by atoms with Crippen molar-refractivity contribution in [1.82, 2.24) is 9.78 Å². The molecule has 0 unspecified atom stereocenters. The van der Waals surface area contributed by atoms with Crippen LogP contribution in [-0.4, -0.2) is 15.7 Å². The number of carbonyl (C=O) groups is 1. The second-order valence-electron chi connectivity index (χ2n) is 4.44. The summed E-state index contributed by atoms with van der Waals surface area (Å²) in [7, 11) is 1.66. The molecule has 1 amide bonds. The van der Waals surface area contributed by atoms with Gasteiger partial charge in [-0.1, -0.05) is 11.6 Å². The van der Waals surface area contributed by atoms with E-state index < -0.39 is 17.6 Å². The minimum atomic E-state index is -4.51. The average Bonchev–Trinajstić information content (AvgIpc) is 2.71. The highest BCUT2D eigenvalue weighted by Gasteiger charge is 2.31.